The van der Waals surface area contributed by atoms with Crippen LogP contribution in [0.5, 0.6) is 0 Å². The molecule has 0 bridgehead atoms. The number of pyridine rings is 1. The molecule has 0 aliphatic carbocycles. The first-order chi connectivity index (χ1) is 13.7. The predicted octanol–water partition coefficient (Wildman–Crippen LogP) is 4.64. The van der Waals surface area contributed by atoms with Gasteiger partial charge in [0, 0.05) is 28.9 Å². The van der Waals surface area contributed by atoms with Gasteiger partial charge < -0.3 is 10.5 Å². The van der Waals surface area contributed by atoms with Crippen LogP contribution in [0.25, 0.3) is 0 Å². The Labute approximate surface area is 176 Å². The van der Waals surface area contributed by atoms with Crippen LogP contribution in [0.4, 0.5) is 9.18 Å². The van der Waals surface area contributed by atoms with Crippen molar-refractivity contribution in [1.29, 1.82) is 0 Å². The summed E-state index contributed by atoms with van der Waals surface area (Å²) in [6.45, 7) is 8.60. The molecule has 0 radical (unpaired) electrons. The quantitative estimate of drug-likeness (QED) is 0.677. The van der Waals surface area contributed by atoms with Gasteiger partial charge in [-0.15, -0.1) is 11.3 Å². The molecule has 3 heterocycles. The summed E-state index contributed by atoms with van der Waals surface area (Å²) in [6, 6.07) is 7.58. The number of ether oxygens (including phenoxy) is 1. The van der Waals surface area contributed by atoms with Crippen LogP contribution >= 0.6 is 11.3 Å². The smallest absolute Gasteiger partial charge is 0.404 e. The van der Waals surface area contributed by atoms with Crippen LogP contribution in [-0.2, 0) is 16.7 Å². The Kier molecular flexibility index (Phi) is 6.58. The number of carbonyl (C=O) groups is 1. The zero-order chi connectivity index (χ0) is 21.1. The first-order valence-corrected chi connectivity index (χ1v) is 10.9. The number of likely N-dealkylation sites (tertiary alicyclic amines) is 1. The second-order valence-electron chi connectivity index (χ2n) is 8.54. The van der Waals surface area contributed by atoms with Crippen molar-refractivity contribution < 1.29 is 13.9 Å². The number of halogens is 1. The van der Waals surface area contributed by atoms with Gasteiger partial charge in [-0.25, -0.2) is 4.79 Å². The molecule has 3 rings (SSSR count). The highest BCUT2D eigenvalue weighted by Gasteiger charge is 2.43. The van der Waals surface area contributed by atoms with E-state index < -0.39 is 6.09 Å². The minimum Gasteiger partial charge on any atom is -0.450 e. The maximum Gasteiger partial charge on any atom is 0.404 e. The van der Waals surface area contributed by atoms with Crippen LogP contribution in [0.2, 0.25) is 0 Å². The number of thiophene rings is 1. The standard InChI is InChI=1S/C22H30FN3O2S/c1-16-4-5-17(14-25-16)21(2,3)26-12-10-22(15-26,11-13-28-20(24)27)9-8-18-6-7-19(23)29-18/h4-7,14H,8-13,15H2,1-3H3,(H2,24,27)/t22-/m0/s1. The first-order valence-electron chi connectivity index (χ1n) is 10.0. The van der Waals surface area contributed by atoms with E-state index in [1.165, 1.54) is 23.0 Å². The molecule has 5 nitrogen and oxygen atoms in total. The summed E-state index contributed by atoms with van der Waals surface area (Å²) in [5.74, 6) is 0. The van der Waals surface area contributed by atoms with Gasteiger partial charge in [-0.05, 0) is 82.2 Å². The highest BCUT2D eigenvalue weighted by atomic mass is 32.1. The van der Waals surface area contributed by atoms with Crippen molar-refractivity contribution >= 4 is 17.4 Å². The highest BCUT2D eigenvalue weighted by molar-refractivity contribution is 7.10. The maximum atomic E-state index is 13.4. The van der Waals surface area contributed by atoms with Crippen LogP contribution in [0.15, 0.2) is 30.5 Å². The molecule has 158 valence electrons. The summed E-state index contributed by atoms with van der Waals surface area (Å²) >= 11 is 1.21. The molecule has 1 aliphatic heterocycles. The van der Waals surface area contributed by atoms with Gasteiger partial charge in [0.2, 0.25) is 0 Å². The Balaban J connectivity index is 1.73. The Hall–Kier alpha value is -1.99. The van der Waals surface area contributed by atoms with E-state index in [9.17, 15) is 9.18 Å². The molecular formula is C22H30FN3O2S. The molecule has 1 amide bonds. The van der Waals surface area contributed by atoms with Gasteiger partial charge in [0.25, 0.3) is 0 Å². The van der Waals surface area contributed by atoms with Crippen LogP contribution in [0, 0.1) is 17.5 Å². The van der Waals surface area contributed by atoms with Crippen molar-refractivity contribution in [2.24, 2.45) is 11.1 Å². The molecule has 29 heavy (non-hydrogen) atoms. The third-order valence-electron chi connectivity index (χ3n) is 6.25. The number of aromatic nitrogens is 1. The van der Waals surface area contributed by atoms with E-state index in [0.29, 0.717) is 6.61 Å². The first kappa shape index (κ1) is 21.7. The van der Waals surface area contributed by atoms with E-state index in [2.05, 4.69) is 29.8 Å². The SMILES string of the molecule is Cc1ccc(C(C)(C)N2CC[C@](CCOC(N)=O)(CCc3ccc(F)s3)C2)cn1. The fourth-order valence-electron chi connectivity index (χ4n) is 4.20. The molecule has 1 fully saturated rings. The number of nitrogens with zero attached hydrogens (tertiary/aromatic N) is 2. The summed E-state index contributed by atoms with van der Waals surface area (Å²) in [5.41, 5.74) is 7.20. The molecule has 2 aromatic heterocycles. The number of primary amides is 1. The molecule has 1 saturated heterocycles. The summed E-state index contributed by atoms with van der Waals surface area (Å²) in [5, 5.41) is -0.146. The van der Waals surface area contributed by atoms with Crippen molar-refractivity contribution in [2.45, 2.75) is 52.0 Å². The molecule has 0 unspecified atom stereocenters. The van der Waals surface area contributed by atoms with Gasteiger partial charge in [0.15, 0.2) is 5.13 Å². The summed E-state index contributed by atoms with van der Waals surface area (Å²) < 4.78 is 18.4. The van der Waals surface area contributed by atoms with Crippen molar-refractivity contribution in [3.8, 4) is 0 Å². The lowest BCUT2D eigenvalue weighted by Gasteiger charge is -2.38. The van der Waals surface area contributed by atoms with Crippen LogP contribution in [-0.4, -0.2) is 35.7 Å². The second kappa shape index (κ2) is 8.79. The van der Waals surface area contributed by atoms with Gasteiger partial charge in [0.05, 0.1) is 6.61 Å². The fourth-order valence-corrected chi connectivity index (χ4v) is 4.93. The Morgan fingerprint density at radius 1 is 1.34 bits per heavy atom. The van der Waals surface area contributed by atoms with Gasteiger partial charge in [-0.2, -0.15) is 4.39 Å². The molecule has 0 aromatic carbocycles. The third-order valence-corrected chi connectivity index (χ3v) is 7.19. The lowest BCUT2D eigenvalue weighted by Crippen LogP contribution is -2.41. The average molecular weight is 420 g/mol. The molecule has 7 heteroatoms. The van der Waals surface area contributed by atoms with E-state index >= 15 is 0 Å². The van der Waals surface area contributed by atoms with E-state index in [1.54, 1.807) is 0 Å². The summed E-state index contributed by atoms with van der Waals surface area (Å²) in [6.07, 6.45) is 4.73. The predicted molar refractivity (Wildman–Crippen MR) is 113 cm³/mol. The number of hydrogen-bond acceptors (Lipinski definition) is 5. The van der Waals surface area contributed by atoms with Crippen LogP contribution in [0.3, 0.4) is 0 Å². The Morgan fingerprint density at radius 3 is 2.76 bits per heavy atom. The number of amides is 1. The maximum absolute atomic E-state index is 13.4. The zero-order valence-electron chi connectivity index (χ0n) is 17.4. The zero-order valence-corrected chi connectivity index (χ0v) is 18.2. The van der Waals surface area contributed by atoms with Crippen molar-refractivity contribution in [3.05, 3.63) is 51.7 Å². The fraction of sp³-hybridized carbons (Fsp3) is 0.545. The molecule has 1 aliphatic rings. The number of aryl methyl sites for hydroxylation is 2. The van der Waals surface area contributed by atoms with E-state index in [1.807, 2.05) is 25.3 Å². The van der Waals surface area contributed by atoms with Gasteiger partial charge in [-0.1, -0.05) is 6.07 Å². The van der Waals surface area contributed by atoms with E-state index in [4.69, 9.17) is 10.5 Å². The largest absolute Gasteiger partial charge is 0.450 e. The molecule has 2 aromatic rings. The summed E-state index contributed by atoms with van der Waals surface area (Å²) in [4.78, 5) is 19.0. The van der Waals surface area contributed by atoms with Crippen LogP contribution < -0.4 is 5.73 Å². The van der Waals surface area contributed by atoms with E-state index in [-0.39, 0.29) is 16.1 Å². The molecule has 0 saturated carbocycles. The normalized spacial score (nSPS) is 20.1. The Bertz CT molecular complexity index is 837. The molecule has 0 spiro atoms. The number of rotatable bonds is 8. The summed E-state index contributed by atoms with van der Waals surface area (Å²) in [7, 11) is 0. The van der Waals surface area contributed by atoms with E-state index in [0.717, 1.165) is 49.3 Å². The lowest BCUT2D eigenvalue weighted by molar-refractivity contribution is 0.101. The van der Waals surface area contributed by atoms with Crippen molar-refractivity contribution in [3.63, 3.8) is 0 Å². The minimum absolute atomic E-state index is 0.00527. The van der Waals surface area contributed by atoms with Crippen molar-refractivity contribution in [1.82, 2.24) is 9.88 Å². The number of hydrogen-bond donors (Lipinski definition) is 1. The Morgan fingerprint density at radius 2 is 2.14 bits per heavy atom. The lowest BCUT2D eigenvalue weighted by atomic mass is 9.79. The average Bonchev–Trinajstić information content (AvgIpc) is 3.27. The third kappa shape index (κ3) is 5.34. The van der Waals surface area contributed by atoms with Gasteiger partial charge in [0.1, 0.15) is 0 Å². The molecule has 2 N–H and O–H groups in total. The van der Waals surface area contributed by atoms with Gasteiger partial charge in [-0.3, -0.25) is 9.88 Å². The number of nitrogens with two attached hydrogens (primary N) is 1. The topological polar surface area (TPSA) is 68.5 Å². The monoisotopic (exact) mass is 419 g/mol. The molecular weight excluding hydrogens is 389 g/mol. The molecule has 1 atom stereocenters. The minimum atomic E-state index is -0.735. The number of carbonyl (C=O) groups excluding carboxylic acids is 1. The second-order valence-corrected chi connectivity index (χ2v) is 9.66. The van der Waals surface area contributed by atoms with Crippen molar-refractivity contribution in [2.75, 3.05) is 19.7 Å². The van der Waals surface area contributed by atoms with Gasteiger partial charge >= 0.3 is 6.09 Å². The van der Waals surface area contributed by atoms with Crippen LogP contribution in [0.1, 0.15) is 49.2 Å². The highest BCUT2D eigenvalue weighted by Crippen LogP contribution is 2.43.